The molecule has 168 valence electrons. The van der Waals surface area contributed by atoms with Crippen molar-refractivity contribution in [2.45, 2.75) is 19.9 Å². The molecule has 0 saturated heterocycles. The van der Waals surface area contributed by atoms with Crippen molar-refractivity contribution in [1.29, 1.82) is 0 Å². The number of aryl methyl sites for hydroxylation is 1. The number of aromatic nitrogens is 3. The molecule has 9 nitrogen and oxygen atoms in total. The Labute approximate surface area is 185 Å². The van der Waals surface area contributed by atoms with E-state index in [1.165, 1.54) is 7.11 Å². The summed E-state index contributed by atoms with van der Waals surface area (Å²) in [5.41, 5.74) is 0.476. The summed E-state index contributed by atoms with van der Waals surface area (Å²) >= 11 is 0. The van der Waals surface area contributed by atoms with Gasteiger partial charge in [-0.3, -0.25) is 14.2 Å². The number of methoxy groups -OCH3 is 2. The van der Waals surface area contributed by atoms with E-state index in [0.717, 1.165) is 20.4 Å². The van der Waals surface area contributed by atoms with Crippen LogP contribution in [0.25, 0.3) is 5.69 Å². The van der Waals surface area contributed by atoms with Crippen molar-refractivity contribution >= 4 is 5.91 Å². The first kappa shape index (κ1) is 23.0. The van der Waals surface area contributed by atoms with Crippen LogP contribution >= 0.6 is 0 Å². The second-order valence-corrected chi connectivity index (χ2v) is 7.22. The Morgan fingerprint density at radius 1 is 1.03 bits per heavy atom. The highest BCUT2D eigenvalue weighted by atomic mass is 16.5. The van der Waals surface area contributed by atoms with Gasteiger partial charge < -0.3 is 14.8 Å². The van der Waals surface area contributed by atoms with Gasteiger partial charge in [-0.1, -0.05) is 29.8 Å². The Hall–Kier alpha value is -3.72. The lowest BCUT2D eigenvalue weighted by atomic mass is 10.1. The lowest BCUT2D eigenvalue weighted by Gasteiger charge is -2.13. The molecule has 0 radical (unpaired) electrons. The van der Waals surface area contributed by atoms with Crippen molar-refractivity contribution in [3.8, 4) is 11.4 Å². The van der Waals surface area contributed by atoms with E-state index in [1.54, 1.807) is 31.4 Å². The number of rotatable bonds is 9. The number of benzene rings is 2. The number of amides is 1. The summed E-state index contributed by atoms with van der Waals surface area (Å²) in [5, 5.41) is 6.76. The highest BCUT2D eigenvalue weighted by Gasteiger charge is 2.20. The Morgan fingerprint density at radius 2 is 1.72 bits per heavy atom. The standard InChI is InChI=1S/C23H26N4O5/c1-16-5-7-17(8-6-16)15-26-22(29)20(21(28)24-13-4-14-31-2)25-27(23(26)30)18-9-11-19(32-3)12-10-18/h5-12H,4,13-15H2,1-3H3,(H,24,28). The SMILES string of the molecule is COCCCNC(=O)c1nn(-c2ccc(OC)cc2)c(=O)n(Cc2ccc(C)cc2)c1=O. The molecule has 3 rings (SSSR count). The number of nitrogens with one attached hydrogen (secondary N) is 1. The summed E-state index contributed by atoms with van der Waals surface area (Å²) < 4.78 is 12.2. The van der Waals surface area contributed by atoms with Gasteiger partial charge in [0.2, 0.25) is 5.69 Å². The second-order valence-electron chi connectivity index (χ2n) is 7.22. The topological polar surface area (TPSA) is 104 Å². The molecule has 0 bridgehead atoms. The second kappa shape index (κ2) is 10.5. The molecule has 0 aliphatic rings. The summed E-state index contributed by atoms with van der Waals surface area (Å²) in [6, 6.07) is 14.1. The van der Waals surface area contributed by atoms with Crippen LogP contribution in [0.2, 0.25) is 0 Å². The third-order valence-electron chi connectivity index (χ3n) is 4.86. The van der Waals surface area contributed by atoms with Crippen LogP contribution in [0, 0.1) is 6.92 Å². The van der Waals surface area contributed by atoms with E-state index in [0.29, 0.717) is 31.0 Å². The molecule has 0 fully saturated rings. The van der Waals surface area contributed by atoms with Crippen LogP contribution in [-0.4, -0.2) is 47.6 Å². The van der Waals surface area contributed by atoms with Crippen LogP contribution in [-0.2, 0) is 11.3 Å². The van der Waals surface area contributed by atoms with E-state index in [2.05, 4.69) is 10.4 Å². The van der Waals surface area contributed by atoms with E-state index in [4.69, 9.17) is 9.47 Å². The molecule has 0 atom stereocenters. The van der Waals surface area contributed by atoms with Crippen LogP contribution in [0.3, 0.4) is 0 Å². The van der Waals surface area contributed by atoms with E-state index < -0.39 is 17.2 Å². The molecule has 0 aliphatic heterocycles. The van der Waals surface area contributed by atoms with Crippen LogP contribution in [0.15, 0.2) is 58.1 Å². The predicted molar refractivity (Wildman–Crippen MR) is 120 cm³/mol. The third-order valence-corrected chi connectivity index (χ3v) is 4.86. The first-order valence-electron chi connectivity index (χ1n) is 10.2. The zero-order chi connectivity index (χ0) is 23.1. The molecule has 1 amide bonds. The minimum atomic E-state index is -0.746. The average molecular weight is 438 g/mol. The van der Waals surface area contributed by atoms with Gasteiger partial charge in [0, 0.05) is 20.3 Å². The van der Waals surface area contributed by atoms with Crippen molar-refractivity contribution in [1.82, 2.24) is 19.7 Å². The highest BCUT2D eigenvalue weighted by Crippen LogP contribution is 2.13. The number of hydrogen-bond donors (Lipinski definition) is 1. The molecule has 32 heavy (non-hydrogen) atoms. The molecule has 1 N–H and O–H groups in total. The van der Waals surface area contributed by atoms with Crippen molar-refractivity contribution < 1.29 is 14.3 Å². The molecule has 2 aromatic carbocycles. The van der Waals surface area contributed by atoms with Gasteiger partial charge in [0.1, 0.15) is 5.75 Å². The Balaban J connectivity index is 2.07. The Bertz CT molecular complexity index is 1180. The van der Waals surface area contributed by atoms with Gasteiger partial charge in [-0.15, -0.1) is 0 Å². The van der Waals surface area contributed by atoms with Crippen molar-refractivity contribution in [2.24, 2.45) is 0 Å². The Morgan fingerprint density at radius 3 is 2.34 bits per heavy atom. The highest BCUT2D eigenvalue weighted by molar-refractivity contribution is 5.91. The van der Waals surface area contributed by atoms with Gasteiger partial charge in [-0.05, 0) is 43.2 Å². The van der Waals surface area contributed by atoms with Crippen LogP contribution in [0.4, 0.5) is 0 Å². The molecule has 1 heterocycles. The summed E-state index contributed by atoms with van der Waals surface area (Å²) in [7, 11) is 3.10. The average Bonchev–Trinajstić information content (AvgIpc) is 2.81. The number of nitrogens with zero attached hydrogens (tertiary/aromatic N) is 3. The molecular weight excluding hydrogens is 412 g/mol. The summed E-state index contributed by atoms with van der Waals surface area (Å²) in [6.07, 6.45) is 0.581. The predicted octanol–water partition coefficient (Wildman–Crippen LogP) is 1.53. The number of hydrogen-bond acceptors (Lipinski definition) is 6. The van der Waals surface area contributed by atoms with Gasteiger partial charge in [-0.25, -0.2) is 4.79 Å². The molecule has 0 unspecified atom stereocenters. The quantitative estimate of drug-likeness (QED) is 0.508. The van der Waals surface area contributed by atoms with Crippen molar-refractivity contribution in [3.05, 3.63) is 86.2 Å². The number of carbonyl (C=O) groups is 1. The van der Waals surface area contributed by atoms with Gasteiger partial charge >= 0.3 is 5.69 Å². The monoisotopic (exact) mass is 438 g/mol. The number of carbonyl (C=O) groups excluding carboxylic acids is 1. The van der Waals surface area contributed by atoms with E-state index in [1.807, 2.05) is 31.2 Å². The van der Waals surface area contributed by atoms with Gasteiger partial charge in [0.05, 0.1) is 19.3 Å². The van der Waals surface area contributed by atoms with E-state index in [-0.39, 0.29) is 12.2 Å². The minimum absolute atomic E-state index is 0.0145. The molecule has 0 spiro atoms. The summed E-state index contributed by atoms with van der Waals surface area (Å²) in [6.45, 7) is 2.75. The van der Waals surface area contributed by atoms with Crippen molar-refractivity contribution in [2.75, 3.05) is 27.4 Å². The van der Waals surface area contributed by atoms with Crippen LogP contribution in [0.1, 0.15) is 28.0 Å². The largest absolute Gasteiger partial charge is 0.497 e. The number of ether oxygens (including phenoxy) is 2. The van der Waals surface area contributed by atoms with E-state index in [9.17, 15) is 14.4 Å². The molecule has 1 aromatic heterocycles. The molecule has 3 aromatic rings. The maximum Gasteiger partial charge on any atom is 0.352 e. The fourth-order valence-electron chi connectivity index (χ4n) is 3.07. The minimum Gasteiger partial charge on any atom is -0.497 e. The maximum atomic E-state index is 13.2. The van der Waals surface area contributed by atoms with Crippen LogP contribution < -0.4 is 21.3 Å². The smallest absolute Gasteiger partial charge is 0.352 e. The third kappa shape index (κ3) is 5.30. The zero-order valence-corrected chi connectivity index (χ0v) is 18.3. The van der Waals surface area contributed by atoms with Gasteiger partial charge in [0.25, 0.3) is 11.5 Å². The Kier molecular flexibility index (Phi) is 7.56. The van der Waals surface area contributed by atoms with Gasteiger partial charge in [-0.2, -0.15) is 9.78 Å². The lowest BCUT2D eigenvalue weighted by molar-refractivity contribution is 0.0938. The molecular formula is C23H26N4O5. The summed E-state index contributed by atoms with van der Waals surface area (Å²) in [5.74, 6) is -0.0445. The molecule has 0 saturated carbocycles. The fraction of sp³-hybridized carbons (Fsp3) is 0.304. The zero-order valence-electron chi connectivity index (χ0n) is 18.3. The fourth-order valence-corrected chi connectivity index (χ4v) is 3.07. The molecule has 9 heteroatoms. The lowest BCUT2D eigenvalue weighted by Crippen LogP contribution is -2.46. The van der Waals surface area contributed by atoms with E-state index >= 15 is 0 Å². The maximum absolute atomic E-state index is 13.2. The first-order valence-corrected chi connectivity index (χ1v) is 10.2. The first-order chi connectivity index (χ1) is 15.4. The van der Waals surface area contributed by atoms with Gasteiger partial charge in [0.15, 0.2) is 0 Å². The summed E-state index contributed by atoms with van der Waals surface area (Å²) in [4.78, 5) is 38.9. The normalized spacial score (nSPS) is 10.7. The van der Waals surface area contributed by atoms with Crippen LogP contribution in [0.5, 0.6) is 5.75 Å². The molecule has 0 aliphatic carbocycles. The van der Waals surface area contributed by atoms with Crippen molar-refractivity contribution in [3.63, 3.8) is 0 Å².